The van der Waals surface area contributed by atoms with Crippen LogP contribution in [-0.2, 0) is 9.84 Å². The molecule has 1 aliphatic rings. The van der Waals surface area contributed by atoms with Crippen LogP contribution in [0.5, 0.6) is 5.75 Å². The molecule has 0 bridgehead atoms. The van der Waals surface area contributed by atoms with Crippen molar-refractivity contribution < 1.29 is 17.9 Å². The number of anilines is 3. The van der Waals surface area contributed by atoms with E-state index in [-0.39, 0.29) is 11.9 Å². The normalized spacial score (nSPS) is 16.3. The number of hydrogen-bond acceptors (Lipinski definition) is 6. The van der Waals surface area contributed by atoms with Crippen molar-refractivity contribution in [2.45, 2.75) is 23.8 Å². The van der Waals surface area contributed by atoms with Crippen molar-refractivity contribution >= 4 is 32.9 Å². The van der Waals surface area contributed by atoms with Gasteiger partial charge in [-0.1, -0.05) is 0 Å². The van der Waals surface area contributed by atoms with Crippen molar-refractivity contribution in [2.24, 2.45) is 0 Å². The Morgan fingerprint density at radius 3 is 2.48 bits per heavy atom. The van der Waals surface area contributed by atoms with Gasteiger partial charge in [0.25, 0.3) is 5.91 Å². The maximum absolute atomic E-state index is 12.6. The second-order valence-corrected chi connectivity index (χ2v) is 10.2. The molecule has 8 nitrogen and oxygen atoms in total. The number of benzene rings is 2. The SMILES string of the molecule is COc1ccc(C(=O)N[C@@H]2CCCN(c3cc(Nc4ccc(S(C)(=O)=O)cc4)c[nH]3)C2)cc1. The van der Waals surface area contributed by atoms with Crippen molar-refractivity contribution in [3.8, 4) is 5.75 Å². The van der Waals surface area contributed by atoms with E-state index >= 15 is 0 Å². The van der Waals surface area contributed by atoms with Gasteiger partial charge in [0.05, 0.1) is 17.7 Å². The van der Waals surface area contributed by atoms with Gasteiger partial charge in [0.1, 0.15) is 11.6 Å². The van der Waals surface area contributed by atoms with Crippen molar-refractivity contribution in [3.63, 3.8) is 0 Å². The summed E-state index contributed by atoms with van der Waals surface area (Å²) in [6.45, 7) is 1.61. The van der Waals surface area contributed by atoms with Crippen LogP contribution in [0.15, 0.2) is 65.7 Å². The second kappa shape index (κ2) is 9.58. The van der Waals surface area contributed by atoms with Gasteiger partial charge in [0, 0.05) is 48.9 Å². The van der Waals surface area contributed by atoms with Crippen LogP contribution in [-0.4, -0.2) is 51.8 Å². The molecule has 1 aliphatic heterocycles. The molecule has 2 heterocycles. The molecular weight excluding hydrogens is 440 g/mol. The number of nitrogens with one attached hydrogen (secondary N) is 3. The van der Waals surface area contributed by atoms with E-state index in [9.17, 15) is 13.2 Å². The first-order valence-corrected chi connectivity index (χ1v) is 12.7. The van der Waals surface area contributed by atoms with Crippen LogP contribution in [0.1, 0.15) is 23.2 Å². The average molecular weight is 469 g/mol. The van der Waals surface area contributed by atoms with E-state index in [4.69, 9.17) is 4.74 Å². The number of sulfone groups is 1. The molecule has 1 amide bonds. The molecule has 1 aromatic heterocycles. The van der Waals surface area contributed by atoms with Crippen molar-refractivity contribution in [2.75, 3.05) is 36.7 Å². The van der Waals surface area contributed by atoms with E-state index in [1.807, 2.05) is 12.3 Å². The second-order valence-electron chi connectivity index (χ2n) is 8.18. The number of aromatic nitrogens is 1. The van der Waals surface area contributed by atoms with Gasteiger partial charge in [0.15, 0.2) is 9.84 Å². The number of methoxy groups -OCH3 is 1. The summed E-state index contributed by atoms with van der Waals surface area (Å²) >= 11 is 0. The molecule has 0 spiro atoms. The number of ether oxygens (including phenoxy) is 1. The van der Waals surface area contributed by atoms with Crippen LogP contribution in [0, 0.1) is 0 Å². The Morgan fingerprint density at radius 1 is 1.09 bits per heavy atom. The van der Waals surface area contributed by atoms with E-state index < -0.39 is 9.84 Å². The number of carbonyl (C=O) groups excluding carboxylic acids is 1. The molecule has 3 aromatic rings. The largest absolute Gasteiger partial charge is 0.497 e. The third kappa shape index (κ3) is 5.67. The molecule has 4 rings (SSSR count). The Kier molecular flexibility index (Phi) is 6.60. The Bertz CT molecular complexity index is 1200. The molecule has 174 valence electrons. The Hall–Kier alpha value is -3.46. The summed E-state index contributed by atoms with van der Waals surface area (Å²) in [7, 11) is -1.61. The van der Waals surface area contributed by atoms with Crippen LogP contribution in [0.4, 0.5) is 17.2 Å². The van der Waals surface area contributed by atoms with E-state index in [1.165, 1.54) is 6.26 Å². The molecule has 0 aliphatic carbocycles. The van der Waals surface area contributed by atoms with Gasteiger partial charge in [-0.3, -0.25) is 4.79 Å². The van der Waals surface area contributed by atoms with Gasteiger partial charge in [-0.15, -0.1) is 0 Å². The van der Waals surface area contributed by atoms with E-state index in [1.54, 1.807) is 55.6 Å². The van der Waals surface area contributed by atoms with Crippen LogP contribution in [0.3, 0.4) is 0 Å². The van der Waals surface area contributed by atoms with Gasteiger partial charge >= 0.3 is 0 Å². The maximum Gasteiger partial charge on any atom is 0.251 e. The predicted molar refractivity (Wildman–Crippen MR) is 129 cm³/mol. The highest BCUT2D eigenvalue weighted by atomic mass is 32.2. The lowest BCUT2D eigenvalue weighted by atomic mass is 10.0. The highest BCUT2D eigenvalue weighted by molar-refractivity contribution is 7.90. The lowest BCUT2D eigenvalue weighted by molar-refractivity contribution is 0.0933. The lowest BCUT2D eigenvalue weighted by Gasteiger charge is -2.33. The van der Waals surface area contributed by atoms with E-state index in [0.717, 1.165) is 42.3 Å². The first-order chi connectivity index (χ1) is 15.8. The summed E-state index contributed by atoms with van der Waals surface area (Å²) in [5.41, 5.74) is 2.29. The lowest BCUT2D eigenvalue weighted by Crippen LogP contribution is -2.48. The molecule has 3 N–H and O–H groups in total. The summed E-state index contributed by atoms with van der Waals surface area (Å²) in [6, 6.07) is 15.8. The molecule has 0 unspecified atom stereocenters. The fourth-order valence-electron chi connectivity index (χ4n) is 3.91. The third-order valence-electron chi connectivity index (χ3n) is 5.69. The number of amides is 1. The monoisotopic (exact) mass is 468 g/mol. The summed E-state index contributed by atoms with van der Waals surface area (Å²) in [6.07, 6.45) is 4.97. The number of aromatic amines is 1. The number of H-pyrrole nitrogens is 1. The topological polar surface area (TPSA) is 104 Å². The van der Waals surface area contributed by atoms with Crippen molar-refractivity contribution in [1.29, 1.82) is 0 Å². The quantitative estimate of drug-likeness (QED) is 0.490. The van der Waals surface area contributed by atoms with Gasteiger partial charge < -0.3 is 25.3 Å². The first-order valence-electron chi connectivity index (χ1n) is 10.8. The van der Waals surface area contributed by atoms with Crippen molar-refractivity contribution in [1.82, 2.24) is 10.3 Å². The molecule has 1 saturated heterocycles. The van der Waals surface area contributed by atoms with Crippen LogP contribution >= 0.6 is 0 Å². The summed E-state index contributed by atoms with van der Waals surface area (Å²) in [5.74, 6) is 1.60. The number of hydrogen-bond donors (Lipinski definition) is 3. The number of carbonyl (C=O) groups is 1. The molecule has 9 heteroatoms. The summed E-state index contributed by atoms with van der Waals surface area (Å²) in [4.78, 5) is 18.4. The maximum atomic E-state index is 12.6. The van der Waals surface area contributed by atoms with Gasteiger partial charge in [-0.25, -0.2) is 8.42 Å². The zero-order valence-electron chi connectivity index (χ0n) is 18.7. The fraction of sp³-hybridized carbons (Fsp3) is 0.292. The number of nitrogens with zero attached hydrogens (tertiary/aromatic N) is 1. The van der Waals surface area contributed by atoms with E-state index in [0.29, 0.717) is 17.0 Å². The molecular formula is C24H28N4O4S. The minimum atomic E-state index is -3.21. The first kappa shape index (κ1) is 22.7. The molecule has 33 heavy (non-hydrogen) atoms. The Labute approximate surface area is 193 Å². The highest BCUT2D eigenvalue weighted by Gasteiger charge is 2.23. The summed E-state index contributed by atoms with van der Waals surface area (Å²) in [5, 5.41) is 6.42. The third-order valence-corrected chi connectivity index (χ3v) is 6.82. The summed E-state index contributed by atoms with van der Waals surface area (Å²) < 4.78 is 28.4. The van der Waals surface area contributed by atoms with Crippen LogP contribution < -0.4 is 20.3 Å². The standard InChI is InChI=1S/C24H28N4O4S/c1-32-21-9-5-17(6-10-21)24(29)27-19-4-3-13-28(16-19)23-14-20(15-25-23)26-18-7-11-22(12-8-18)33(2,30)31/h5-12,14-15,19,25-26H,3-4,13,16H2,1-2H3,(H,27,29)/t19-/m1/s1. The van der Waals surface area contributed by atoms with E-state index in [2.05, 4.69) is 20.5 Å². The minimum absolute atomic E-state index is 0.0524. The zero-order valence-corrected chi connectivity index (χ0v) is 19.5. The molecule has 2 aromatic carbocycles. The number of rotatable bonds is 7. The number of piperidine rings is 1. The fourth-order valence-corrected chi connectivity index (χ4v) is 4.54. The Balaban J connectivity index is 1.36. The molecule has 1 fully saturated rings. The molecule has 0 radical (unpaired) electrons. The van der Waals surface area contributed by atoms with Gasteiger partial charge in [-0.2, -0.15) is 0 Å². The molecule has 1 atom stereocenters. The average Bonchev–Trinajstić information content (AvgIpc) is 3.27. The van der Waals surface area contributed by atoms with Gasteiger partial charge in [0.2, 0.25) is 0 Å². The predicted octanol–water partition coefficient (Wildman–Crippen LogP) is 3.57. The zero-order chi connectivity index (χ0) is 23.4. The van der Waals surface area contributed by atoms with Crippen LogP contribution in [0.25, 0.3) is 0 Å². The minimum Gasteiger partial charge on any atom is -0.497 e. The smallest absolute Gasteiger partial charge is 0.251 e. The van der Waals surface area contributed by atoms with Gasteiger partial charge in [-0.05, 0) is 61.4 Å². The molecule has 0 saturated carbocycles. The highest BCUT2D eigenvalue weighted by Crippen LogP contribution is 2.25. The Morgan fingerprint density at radius 2 is 1.82 bits per heavy atom. The van der Waals surface area contributed by atoms with Crippen LogP contribution in [0.2, 0.25) is 0 Å². The van der Waals surface area contributed by atoms with Crippen molar-refractivity contribution in [3.05, 3.63) is 66.4 Å².